The topological polar surface area (TPSA) is 66.5 Å². The van der Waals surface area contributed by atoms with Gasteiger partial charge in [0, 0.05) is 18.5 Å². The first-order chi connectivity index (χ1) is 10.0. The van der Waals surface area contributed by atoms with Crippen molar-refractivity contribution in [2.75, 3.05) is 6.54 Å². The van der Waals surface area contributed by atoms with Crippen LogP contribution in [0.4, 0.5) is 0 Å². The highest BCUT2D eigenvalue weighted by molar-refractivity contribution is 6.06. The lowest BCUT2D eigenvalue weighted by Gasteiger charge is -2.28. The molecule has 2 aliphatic rings. The Balaban J connectivity index is 0.00000106. The van der Waals surface area contributed by atoms with E-state index in [9.17, 15) is 14.4 Å². The van der Waals surface area contributed by atoms with Crippen LogP contribution < -0.4 is 5.32 Å². The predicted octanol–water partition coefficient (Wildman–Crippen LogP) is 1.72. The molecule has 21 heavy (non-hydrogen) atoms. The monoisotopic (exact) mass is 290 g/mol. The summed E-state index contributed by atoms with van der Waals surface area (Å²) in [7, 11) is 0. The van der Waals surface area contributed by atoms with Crippen molar-refractivity contribution >= 4 is 17.7 Å². The molecule has 3 amide bonds. The average Bonchev–Trinajstić information content (AvgIpc) is 2.75. The van der Waals surface area contributed by atoms with Crippen molar-refractivity contribution < 1.29 is 14.4 Å². The second kappa shape index (κ2) is 7.57. The van der Waals surface area contributed by atoms with Crippen LogP contribution in [0.5, 0.6) is 0 Å². The van der Waals surface area contributed by atoms with Crippen molar-refractivity contribution in [3.63, 3.8) is 0 Å². The van der Waals surface area contributed by atoms with Gasteiger partial charge in [-0.25, -0.2) is 0 Å². The van der Waals surface area contributed by atoms with E-state index >= 15 is 0 Å². The lowest BCUT2D eigenvalue weighted by molar-refractivity contribution is -0.142. The molecule has 2 aliphatic heterocycles. The Morgan fingerprint density at radius 2 is 1.95 bits per heavy atom. The van der Waals surface area contributed by atoms with E-state index in [0.29, 0.717) is 18.5 Å². The van der Waals surface area contributed by atoms with Crippen molar-refractivity contribution in [2.45, 2.75) is 39.7 Å². The van der Waals surface area contributed by atoms with Crippen molar-refractivity contribution in [3.8, 4) is 0 Å². The number of imide groups is 1. The molecule has 0 aromatic carbocycles. The summed E-state index contributed by atoms with van der Waals surface area (Å²) in [5.74, 6) is -0.911. The molecule has 2 fully saturated rings. The van der Waals surface area contributed by atoms with E-state index in [1.54, 1.807) is 0 Å². The largest absolute Gasteiger partial charge is 0.322 e. The first kappa shape index (κ1) is 16.9. The number of carbonyl (C=O) groups excluding carboxylic acids is 3. The Morgan fingerprint density at radius 1 is 1.29 bits per heavy atom. The quantitative estimate of drug-likeness (QED) is 0.622. The molecule has 0 aromatic heterocycles. The zero-order valence-electron chi connectivity index (χ0n) is 12.8. The summed E-state index contributed by atoms with van der Waals surface area (Å²) in [6.45, 7) is 10.0. The molecule has 5 nitrogen and oxygen atoms in total. The van der Waals surface area contributed by atoms with E-state index in [-0.39, 0.29) is 18.2 Å². The van der Waals surface area contributed by atoms with Crippen LogP contribution in [0.15, 0.2) is 36.0 Å². The van der Waals surface area contributed by atoms with Crippen molar-refractivity contribution in [2.24, 2.45) is 0 Å². The van der Waals surface area contributed by atoms with Crippen LogP contribution in [0.3, 0.4) is 0 Å². The van der Waals surface area contributed by atoms with Crippen molar-refractivity contribution in [1.29, 1.82) is 0 Å². The molecule has 2 rings (SSSR count). The van der Waals surface area contributed by atoms with E-state index in [0.717, 1.165) is 5.57 Å². The summed E-state index contributed by atoms with van der Waals surface area (Å²) >= 11 is 0. The molecule has 0 aromatic rings. The van der Waals surface area contributed by atoms with Gasteiger partial charge in [-0.05, 0) is 18.9 Å². The van der Waals surface area contributed by atoms with E-state index in [1.165, 1.54) is 4.90 Å². The molecular weight excluding hydrogens is 268 g/mol. The van der Waals surface area contributed by atoms with Crippen molar-refractivity contribution in [1.82, 2.24) is 10.2 Å². The highest BCUT2D eigenvalue weighted by atomic mass is 16.2. The second-order valence-corrected chi connectivity index (χ2v) is 4.60. The highest BCUT2D eigenvalue weighted by Crippen LogP contribution is 2.26. The average molecular weight is 290 g/mol. The second-order valence-electron chi connectivity index (χ2n) is 4.60. The molecule has 2 saturated heterocycles. The SMILES string of the molecule is C=C1C(=O)N(C2CCC(=O)NC2=O)C/C1=C/C=C\C.CC. The van der Waals surface area contributed by atoms with Crippen LogP contribution in [0.25, 0.3) is 0 Å². The van der Waals surface area contributed by atoms with Gasteiger partial charge in [-0.15, -0.1) is 0 Å². The molecule has 0 spiro atoms. The van der Waals surface area contributed by atoms with Gasteiger partial charge in [0.1, 0.15) is 6.04 Å². The fourth-order valence-electron chi connectivity index (χ4n) is 2.26. The number of allylic oxidation sites excluding steroid dienone is 3. The Kier molecular flexibility index (Phi) is 6.09. The van der Waals surface area contributed by atoms with Gasteiger partial charge in [-0.3, -0.25) is 19.7 Å². The van der Waals surface area contributed by atoms with Crippen LogP contribution >= 0.6 is 0 Å². The molecule has 0 radical (unpaired) electrons. The zero-order chi connectivity index (χ0) is 16.0. The molecule has 1 atom stereocenters. The lowest BCUT2D eigenvalue weighted by atomic mass is 10.0. The number of rotatable bonds is 2. The maximum Gasteiger partial charge on any atom is 0.254 e. The number of hydrogen-bond acceptors (Lipinski definition) is 3. The number of hydrogen-bond donors (Lipinski definition) is 1. The summed E-state index contributed by atoms with van der Waals surface area (Å²) in [6, 6.07) is -0.571. The van der Waals surface area contributed by atoms with Gasteiger partial charge in [0.05, 0.1) is 0 Å². The first-order valence-electron chi connectivity index (χ1n) is 7.20. The standard InChI is InChI=1S/C14H16N2O3.C2H6/c1-3-4-5-10-8-16(14(19)9(10)2)11-6-7-12(17)15-13(11)18;1-2/h3-5,11H,2,6-8H2,1H3,(H,15,17,18);1-2H3/b4-3-,10-5-;. The van der Waals surface area contributed by atoms with Crippen molar-refractivity contribution in [3.05, 3.63) is 36.0 Å². The molecule has 5 heteroatoms. The van der Waals surface area contributed by atoms with E-state index in [1.807, 2.05) is 39.0 Å². The van der Waals surface area contributed by atoms with E-state index in [2.05, 4.69) is 11.9 Å². The minimum absolute atomic E-state index is 0.231. The summed E-state index contributed by atoms with van der Waals surface area (Å²) in [5.41, 5.74) is 1.23. The van der Waals surface area contributed by atoms with E-state index in [4.69, 9.17) is 0 Å². The summed E-state index contributed by atoms with van der Waals surface area (Å²) in [5, 5.41) is 2.26. The van der Waals surface area contributed by atoms with Gasteiger partial charge in [-0.1, -0.05) is 38.7 Å². The van der Waals surface area contributed by atoms with Gasteiger partial charge < -0.3 is 4.90 Å². The number of nitrogens with zero attached hydrogens (tertiary/aromatic N) is 1. The third kappa shape index (κ3) is 3.68. The fraction of sp³-hybridized carbons (Fsp3) is 0.438. The number of nitrogens with one attached hydrogen (secondary N) is 1. The third-order valence-corrected chi connectivity index (χ3v) is 3.32. The summed E-state index contributed by atoms with van der Waals surface area (Å²) < 4.78 is 0. The molecule has 2 heterocycles. The number of piperidine rings is 1. The highest BCUT2D eigenvalue weighted by Gasteiger charge is 2.39. The fourth-order valence-corrected chi connectivity index (χ4v) is 2.26. The summed E-state index contributed by atoms with van der Waals surface area (Å²) in [4.78, 5) is 36.5. The minimum atomic E-state index is -0.571. The Labute approximate surface area is 125 Å². The van der Waals surface area contributed by atoms with Gasteiger partial charge >= 0.3 is 0 Å². The summed E-state index contributed by atoms with van der Waals surface area (Å²) in [6.07, 6.45) is 6.16. The van der Waals surface area contributed by atoms with Gasteiger partial charge in [0.2, 0.25) is 11.8 Å². The van der Waals surface area contributed by atoms with Crippen LogP contribution in [-0.4, -0.2) is 35.2 Å². The van der Waals surface area contributed by atoms with Crippen LogP contribution in [-0.2, 0) is 14.4 Å². The molecule has 1 N–H and O–H groups in total. The first-order valence-corrected chi connectivity index (χ1v) is 7.20. The Hall–Kier alpha value is -2.17. The minimum Gasteiger partial charge on any atom is -0.322 e. The normalized spacial score (nSPS) is 24.4. The smallest absolute Gasteiger partial charge is 0.254 e. The number of amides is 3. The third-order valence-electron chi connectivity index (χ3n) is 3.32. The molecule has 114 valence electrons. The van der Waals surface area contributed by atoms with Crippen LogP contribution in [0.1, 0.15) is 33.6 Å². The predicted molar refractivity (Wildman–Crippen MR) is 81.3 cm³/mol. The van der Waals surface area contributed by atoms with Crippen LogP contribution in [0, 0.1) is 0 Å². The van der Waals surface area contributed by atoms with Gasteiger partial charge in [-0.2, -0.15) is 0 Å². The zero-order valence-corrected chi connectivity index (χ0v) is 12.8. The lowest BCUT2D eigenvalue weighted by Crippen LogP contribution is -2.52. The number of likely N-dealkylation sites (tertiary alicyclic amines) is 1. The van der Waals surface area contributed by atoms with Crippen LogP contribution in [0.2, 0.25) is 0 Å². The van der Waals surface area contributed by atoms with Gasteiger partial charge in [0.25, 0.3) is 5.91 Å². The molecule has 0 saturated carbocycles. The Bertz CT molecular complexity index is 518. The maximum atomic E-state index is 12.1. The molecular formula is C16H22N2O3. The van der Waals surface area contributed by atoms with Gasteiger partial charge in [0.15, 0.2) is 0 Å². The molecule has 0 bridgehead atoms. The molecule has 0 aliphatic carbocycles. The van der Waals surface area contributed by atoms with E-state index < -0.39 is 11.9 Å². The Morgan fingerprint density at radius 3 is 2.52 bits per heavy atom. The number of carbonyl (C=O) groups is 3. The maximum absolute atomic E-state index is 12.1. The molecule has 1 unspecified atom stereocenters.